The SMILES string of the molecule is COCC(C)NC(=O)Cn1cc(Br)cn1. The van der Waals surface area contributed by atoms with Gasteiger partial charge in [-0.2, -0.15) is 5.10 Å². The molecule has 6 heteroatoms. The summed E-state index contributed by atoms with van der Waals surface area (Å²) >= 11 is 3.26. The third kappa shape index (κ3) is 4.44. The van der Waals surface area contributed by atoms with Gasteiger partial charge in [0.1, 0.15) is 6.54 Å². The lowest BCUT2D eigenvalue weighted by Crippen LogP contribution is -2.37. The van der Waals surface area contributed by atoms with Gasteiger partial charge in [-0.25, -0.2) is 0 Å². The number of carbonyl (C=O) groups excluding carboxylic acids is 1. The minimum Gasteiger partial charge on any atom is -0.383 e. The zero-order valence-electron chi connectivity index (χ0n) is 8.74. The second kappa shape index (κ2) is 5.87. The van der Waals surface area contributed by atoms with Crippen LogP contribution < -0.4 is 5.32 Å². The van der Waals surface area contributed by atoms with E-state index in [9.17, 15) is 4.79 Å². The topological polar surface area (TPSA) is 56.1 Å². The van der Waals surface area contributed by atoms with Crippen LogP contribution >= 0.6 is 15.9 Å². The van der Waals surface area contributed by atoms with Gasteiger partial charge in [-0.05, 0) is 22.9 Å². The highest BCUT2D eigenvalue weighted by Gasteiger charge is 2.07. The molecule has 1 unspecified atom stereocenters. The predicted octanol–water partition coefficient (Wildman–Crippen LogP) is 0.797. The van der Waals surface area contributed by atoms with Crippen molar-refractivity contribution in [3.8, 4) is 0 Å². The zero-order valence-corrected chi connectivity index (χ0v) is 10.3. The third-order valence-corrected chi connectivity index (χ3v) is 2.14. The number of nitrogens with one attached hydrogen (secondary N) is 1. The summed E-state index contributed by atoms with van der Waals surface area (Å²) in [6.07, 6.45) is 3.40. The molecule has 1 amide bonds. The van der Waals surface area contributed by atoms with Crippen molar-refractivity contribution in [2.45, 2.75) is 19.5 Å². The second-order valence-corrected chi connectivity index (χ2v) is 4.20. The Morgan fingerprint density at radius 3 is 3.07 bits per heavy atom. The summed E-state index contributed by atoms with van der Waals surface area (Å²) in [4.78, 5) is 11.5. The molecule has 0 aromatic carbocycles. The number of ether oxygens (including phenoxy) is 1. The van der Waals surface area contributed by atoms with Gasteiger partial charge in [0, 0.05) is 19.3 Å². The number of nitrogens with zero attached hydrogens (tertiary/aromatic N) is 2. The number of methoxy groups -OCH3 is 1. The highest BCUT2D eigenvalue weighted by molar-refractivity contribution is 9.10. The van der Waals surface area contributed by atoms with Crippen LogP contribution in [0.15, 0.2) is 16.9 Å². The van der Waals surface area contributed by atoms with Crippen molar-refractivity contribution >= 4 is 21.8 Å². The molecule has 1 N–H and O–H groups in total. The van der Waals surface area contributed by atoms with Gasteiger partial charge < -0.3 is 10.1 Å². The molecule has 0 saturated carbocycles. The van der Waals surface area contributed by atoms with Crippen LogP contribution in [-0.2, 0) is 16.1 Å². The first-order valence-corrected chi connectivity index (χ1v) is 5.37. The van der Waals surface area contributed by atoms with Crippen molar-refractivity contribution in [1.82, 2.24) is 15.1 Å². The summed E-state index contributed by atoms with van der Waals surface area (Å²) < 4.78 is 7.34. The van der Waals surface area contributed by atoms with E-state index < -0.39 is 0 Å². The molecule has 5 nitrogen and oxygen atoms in total. The van der Waals surface area contributed by atoms with E-state index in [1.807, 2.05) is 6.92 Å². The van der Waals surface area contributed by atoms with E-state index in [4.69, 9.17) is 4.74 Å². The number of carbonyl (C=O) groups is 1. The number of rotatable bonds is 5. The number of hydrogen-bond acceptors (Lipinski definition) is 3. The maximum Gasteiger partial charge on any atom is 0.242 e. The van der Waals surface area contributed by atoms with Crippen LogP contribution in [-0.4, -0.2) is 35.4 Å². The summed E-state index contributed by atoms with van der Waals surface area (Å²) in [5.74, 6) is -0.0739. The molecule has 0 radical (unpaired) electrons. The minimum atomic E-state index is -0.0739. The molecule has 84 valence electrons. The van der Waals surface area contributed by atoms with Gasteiger partial charge in [-0.1, -0.05) is 0 Å². The summed E-state index contributed by atoms with van der Waals surface area (Å²) in [5.41, 5.74) is 0. The van der Waals surface area contributed by atoms with Crippen molar-refractivity contribution in [2.24, 2.45) is 0 Å². The summed E-state index contributed by atoms with van der Waals surface area (Å²) in [7, 11) is 1.60. The lowest BCUT2D eigenvalue weighted by Gasteiger charge is -2.12. The maximum atomic E-state index is 11.5. The first-order valence-electron chi connectivity index (χ1n) is 4.58. The molecular weight excluding hydrogens is 262 g/mol. The Kier molecular flexibility index (Phi) is 4.77. The van der Waals surface area contributed by atoms with Crippen molar-refractivity contribution in [1.29, 1.82) is 0 Å². The van der Waals surface area contributed by atoms with Crippen LogP contribution in [0.25, 0.3) is 0 Å². The maximum absolute atomic E-state index is 11.5. The fourth-order valence-electron chi connectivity index (χ4n) is 1.18. The summed E-state index contributed by atoms with van der Waals surface area (Å²) in [6.45, 7) is 2.62. The highest BCUT2D eigenvalue weighted by Crippen LogP contribution is 2.05. The Bertz CT molecular complexity index is 327. The average Bonchev–Trinajstić information content (AvgIpc) is 2.51. The Hall–Kier alpha value is -0.880. The van der Waals surface area contributed by atoms with E-state index in [1.165, 1.54) is 0 Å². The van der Waals surface area contributed by atoms with Crippen LogP contribution in [0.1, 0.15) is 6.92 Å². The first-order chi connectivity index (χ1) is 7.11. The van der Waals surface area contributed by atoms with Crippen LogP contribution in [0.5, 0.6) is 0 Å². The first kappa shape index (κ1) is 12.2. The lowest BCUT2D eigenvalue weighted by atomic mass is 10.3. The molecule has 0 aliphatic carbocycles. The van der Waals surface area contributed by atoms with E-state index in [2.05, 4.69) is 26.3 Å². The van der Waals surface area contributed by atoms with Crippen LogP contribution in [0, 0.1) is 0 Å². The largest absolute Gasteiger partial charge is 0.383 e. The number of amides is 1. The van der Waals surface area contributed by atoms with Crippen molar-refractivity contribution in [3.05, 3.63) is 16.9 Å². The van der Waals surface area contributed by atoms with E-state index in [1.54, 1.807) is 24.2 Å². The molecular formula is C9H14BrN3O2. The van der Waals surface area contributed by atoms with Gasteiger partial charge in [0.25, 0.3) is 0 Å². The molecule has 0 aliphatic heterocycles. The Labute approximate surface area is 96.9 Å². The van der Waals surface area contributed by atoms with E-state index in [0.717, 1.165) is 4.47 Å². The Morgan fingerprint density at radius 2 is 2.53 bits per heavy atom. The van der Waals surface area contributed by atoms with Crippen LogP contribution in [0.4, 0.5) is 0 Å². The Morgan fingerprint density at radius 1 is 1.80 bits per heavy atom. The van der Waals surface area contributed by atoms with Gasteiger partial charge in [-0.15, -0.1) is 0 Å². The van der Waals surface area contributed by atoms with E-state index in [0.29, 0.717) is 6.61 Å². The van der Waals surface area contributed by atoms with Crippen LogP contribution in [0.2, 0.25) is 0 Å². The summed E-state index contributed by atoms with van der Waals surface area (Å²) in [6, 6.07) is 0.0153. The average molecular weight is 276 g/mol. The van der Waals surface area contributed by atoms with Crippen molar-refractivity contribution < 1.29 is 9.53 Å². The van der Waals surface area contributed by atoms with Crippen molar-refractivity contribution in [2.75, 3.05) is 13.7 Å². The molecule has 0 aliphatic rings. The van der Waals surface area contributed by atoms with Gasteiger partial charge in [-0.3, -0.25) is 9.48 Å². The molecule has 1 rings (SSSR count). The van der Waals surface area contributed by atoms with Crippen molar-refractivity contribution in [3.63, 3.8) is 0 Å². The standard InChI is InChI=1S/C9H14BrN3O2/c1-7(6-15-2)12-9(14)5-13-4-8(10)3-11-13/h3-4,7H,5-6H2,1-2H3,(H,12,14). The van der Waals surface area contributed by atoms with E-state index >= 15 is 0 Å². The molecule has 0 bridgehead atoms. The normalized spacial score (nSPS) is 12.5. The van der Waals surface area contributed by atoms with Gasteiger partial charge in [0.2, 0.25) is 5.91 Å². The molecule has 1 aromatic heterocycles. The molecule has 0 saturated heterocycles. The predicted molar refractivity (Wildman–Crippen MR) is 59.4 cm³/mol. The molecule has 1 aromatic rings. The highest BCUT2D eigenvalue weighted by atomic mass is 79.9. The quantitative estimate of drug-likeness (QED) is 0.865. The number of halogens is 1. The fourth-order valence-corrected chi connectivity index (χ4v) is 1.51. The second-order valence-electron chi connectivity index (χ2n) is 3.28. The third-order valence-electron chi connectivity index (χ3n) is 1.73. The fraction of sp³-hybridized carbons (Fsp3) is 0.556. The summed E-state index contributed by atoms with van der Waals surface area (Å²) in [5, 5.41) is 6.79. The minimum absolute atomic E-state index is 0.0153. The van der Waals surface area contributed by atoms with Gasteiger partial charge in [0.05, 0.1) is 17.3 Å². The van der Waals surface area contributed by atoms with Gasteiger partial charge in [0.15, 0.2) is 0 Å². The van der Waals surface area contributed by atoms with Gasteiger partial charge >= 0.3 is 0 Å². The molecule has 0 fully saturated rings. The lowest BCUT2D eigenvalue weighted by molar-refractivity contribution is -0.122. The zero-order chi connectivity index (χ0) is 11.3. The molecule has 1 heterocycles. The smallest absolute Gasteiger partial charge is 0.242 e. The van der Waals surface area contributed by atoms with Crippen LogP contribution in [0.3, 0.4) is 0 Å². The molecule has 0 spiro atoms. The monoisotopic (exact) mass is 275 g/mol. The molecule has 1 atom stereocenters. The number of hydrogen-bond donors (Lipinski definition) is 1. The Balaban J connectivity index is 2.36. The number of aromatic nitrogens is 2. The molecule has 15 heavy (non-hydrogen) atoms. The van der Waals surface area contributed by atoms with E-state index in [-0.39, 0.29) is 18.5 Å².